The van der Waals surface area contributed by atoms with Gasteiger partial charge in [0.2, 0.25) is 0 Å². The zero-order valence-corrected chi connectivity index (χ0v) is 14.7. The zero-order valence-electron chi connectivity index (χ0n) is 14.7. The predicted octanol–water partition coefficient (Wildman–Crippen LogP) is 3.63. The lowest BCUT2D eigenvalue weighted by Gasteiger charge is -2.31. The van der Waals surface area contributed by atoms with Crippen molar-refractivity contribution in [2.45, 2.75) is 39.3 Å². The molecular formula is C21H23NO3. The number of rotatable bonds is 5. The first-order valence-electron chi connectivity index (χ1n) is 8.74. The molecule has 3 rings (SSSR count). The van der Waals surface area contributed by atoms with Crippen molar-refractivity contribution in [2.24, 2.45) is 0 Å². The number of carbonyl (C=O) groups excluding carboxylic acids is 2. The molecule has 1 aliphatic rings. The van der Waals surface area contributed by atoms with E-state index in [9.17, 15) is 9.59 Å². The van der Waals surface area contributed by atoms with E-state index in [1.165, 1.54) is 11.1 Å². The Morgan fingerprint density at radius 3 is 2.44 bits per heavy atom. The Labute approximate surface area is 148 Å². The van der Waals surface area contributed by atoms with E-state index in [1.807, 2.05) is 24.0 Å². The molecule has 1 atom stereocenters. The standard InChI is InChI=1S/C21H23NO3/c1-3-20(23)17-8-10-19(11-9-17)25-15(2)21(24)22-13-12-16-6-4-5-7-18(16)14-22/h4-11,15H,3,12-14H2,1-2H3/t15-/m1/s1. The average Bonchev–Trinajstić information content (AvgIpc) is 2.67. The average molecular weight is 337 g/mol. The number of ether oxygens (including phenoxy) is 1. The summed E-state index contributed by atoms with van der Waals surface area (Å²) in [5.74, 6) is 0.691. The van der Waals surface area contributed by atoms with Crippen LogP contribution >= 0.6 is 0 Å². The van der Waals surface area contributed by atoms with Gasteiger partial charge in [-0.3, -0.25) is 9.59 Å². The van der Waals surface area contributed by atoms with E-state index in [1.54, 1.807) is 31.2 Å². The van der Waals surface area contributed by atoms with Gasteiger partial charge in [0.05, 0.1) is 0 Å². The summed E-state index contributed by atoms with van der Waals surface area (Å²) >= 11 is 0. The Morgan fingerprint density at radius 1 is 1.08 bits per heavy atom. The van der Waals surface area contributed by atoms with Gasteiger partial charge in [0.15, 0.2) is 11.9 Å². The maximum absolute atomic E-state index is 12.7. The molecule has 0 saturated heterocycles. The normalized spacial score (nSPS) is 14.6. The highest BCUT2D eigenvalue weighted by Crippen LogP contribution is 2.21. The first kappa shape index (κ1) is 17.2. The molecule has 0 bridgehead atoms. The van der Waals surface area contributed by atoms with E-state index in [-0.39, 0.29) is 11.7 Å². The van der Waals surface area contributed by atoms with Crippen LogP contribution in [0.2, 0.25) is 0 Å². The van der Waals surface area contributed by atoms with Crippen molar-refractivity contribution in [3.63, 3.8) is 0 Å². The second-order valence-electron chi connectivity index (χ2n) is 6.34. The van der Waals surface area contributed by atoms with Gasteiger partial charge in [-0.05, 0) is 48.7 Å². The lowest BCUT2D eigenvalue weighted by Crippen LogP contribution is -2.43. The van der Waals surface area contributed by atoms with Crippen LogP contribution in [0.3, 0.4) is 0 Å². The number of ketones is 1. The Kier molecular flexibility index (Phi) is 5.17. The van der Waals surface area contributed by atoms with Gasteiger partial charge < -0.3 is 9.64 Å². The van der Waals surface area contributed by atoms with Crippen molar-refractivity contribution in [3.8, 4) is 5.75 Å². The minimum Gasteiger partial charge on any atom is -0.481 e. The van der Waals surface area contributed by atoms with Gasteiger partial charge in [0, 0.05) is 25.1 Å². The van der Waals surface area contributed by atoms with E-state index < -0.39 is 6.10 Å². The molecular weight excluding hydrogens is 314 g/mol. The molecule has 4 heteroatoms. The first-order valence-corrected chi connectivity index (χ1v) is 8.74. The van der Waals surface area contributed by atoms with Crippen LogP contribution in [0.4, 0.5) is 0 Å². The molecule has 4 nitrogen and oxygen atoms in total. The molecule has 1 aliphatic heterocycles. The van der Waals surface area contributed by atoms with Crippen LogP contribution in [-0.4, -0.2) is 29.2 Å². The molecule has 0 N–H and O–H groups in total. The third-order valence-corrected chi connectivity index (χ3v) is 4.60. The van der Waals surface area contributed by atoms with E-state index in [0.717, 1.165) is 6.42 Å². The molecule has 0 radical (unpaired) electrons. The van der Waals surface area contributed by atoms with E-state index in [0.29, 0.717) is 30.8 Å². The van der Waals surface area contributed by atoms with Crippen LogP contribution in [0, 0.1) is 0 Å². The van der Waals surface area contributed by atoms with E-state index in [4.69, 9.17) is 4.74 Å². The maximum atomic E-state index is 12.7. The quantitative estimate of drug-likeness (QED) is 0.783. The van der Waals surface area contributed by atoms with Gasteiger partial charge in [-0.25, -0.2) is 0 Å². The molecule has 0 saturated carbocycles. The summed E-state index contributed by atoms with van der Waals surface area (Å²) in [5.41, 5.74) is 3.19. The number of benzene rings is 2. The second-order valence-corrected chi connectivity index (χ2v) is 6.34. The molecule has 0 fully saturated rings. The maximum Gasteiger partial charge on any atom is 0.263 e. The van der Waals surface area contributed by atoms with Crippen molar-refractivity contribution >= 4 is 11.7 Å². The summed E-state index contributed by atoms with van der Waals surface area (Å²) in [4.78, 5) is 26.2. The van der Waals surface area contributed by atoms with E-state index >= 15 is 0 Å². The molecule has 1 amide bonds. The molecule has 1 heterocycles. The summed E-state index contributed by atoms with van der Waals surface area (Å²) < 4.78 is 5.78. The van der Waals surface area contributed by atoms with Gasteiger partial charge >= 0.3 is 0 Å². The predicted molar refractivity (Wildman–Crippen MR) is 96.7 cm³/mol. The number of fused-ring (bicyclic) bond motifs is 1. The van der Waals surface area contributed by atoms with Crippen LogP contribution in [0.25, 0.3) is 0 Å². The third-order valence-electron chi connectivity index (χ3n) is 4.60. The summed E-state index contributed by atoms with van der Waals surface area (Å²) in [6.07, 6.45) is 0.798. The van der Waals surface area contributed by atoms with Crippen LogP contribution in [0.1, 0.15) is 41.8 Å². The van der Waals surface area contributed by atoms with Gasteiger partial charge in [0.1, 0.15) is 5.75 Å². The summed E-state index contributed by atoms with van der Waals surface area (Å²) in [6.45, 7) is 4.96. The number of hydrogen-bond acceptors (Lipinski definition) is 3. The van der Waals surface area contributed by atoms with Crippen LogP contribution in [0.15, 0.2) is 48.5 Å². The number of carbonyl (C=O) groups is 2. The molecule has 130 valence electrons. The number of nitrogens with zero attached hydrogens (tertiary/aromatic N) is 1. The highest BCUT2D eigenvalue weighted by atomic mass is 16.5. The van der Waals surface area contributed by atoms with Gasteiger partial charge in [0.25, 0.3) is 5.91 Å². The van der Waals surface area contributed by atoms with Gasteiger partial charge in [-0.1, -0.05) is 31.2 Å². The zero-order chi connectivity index (χ0) is 17.8. The lowest BCUT2D eigenvalue weighted by molar-refractivity contribution is -0.138. The van der Waals surface area contributed by atoms with Crippen LogP contribution in [0.5, 0.6) is 5.75 Å². The van der Waals surface area contributed by atoms with Crippen molar-refractivity contribution in [2.75, 3.05) is 6.54 Å². The molecule has 0 unspecified atom stereocenters. The number of hydrogen-bond donors (Lipinski definition) is 0. The summed E-state index contributed by atoms with van der Waals surface area (Å²) in [5, 5.41) is 0. The van der Waals surface area contributed by atoms with Gasteiger partial charge in [-0.15, -0.1) is 0 Å². The van der Waals surface area contributed by atoms with Crippen LogP contribution < -0.4 is 4.74 Å². The minimum absolute atomic E-state index is 0.0109. The molecule has 0 aliphatic carbocycles. The highest BCUT2D eigenvalue weighted by molar-refractivity contribution is 5.95. The smallest absolute Gasteiger partial charge is 0.263 e. The fraction of sp³-hybridized carbons (Fsp3) is 0.333. The largest absolute Gasteiger partial charge is 0.481 e. The second kappa shape index (κ2) is 7.51. The van der Waals surface area contributed by atoms with Crippen molar-refractivity contribution in [3.05, 3.63) is 65.2 Å². The van der Waals surface area contributed by atoms with Crippen molar-refractivity contribution in [1.82, 2.24) is 4.90 Å². The van der Waals surface area contributed by atoms with Crippen molar-refractivity contribution < 1.29 is 14.3 Å². The number of Topliss-reactive ketones (excluding diaryl/α,β-unsaturated/α-hetero) is 1. The number of amides is 1. The monoisotopic (exact) mass is 337 g/mol. The van der Waals surface area contributed by atoms with E-state index in [2.05, 4.69) is 12.1 Å². The highest BCUT2D eigenvalue weighted by Gasteiger charge is 2.25. The minimum atomic E-state index is -0.557. The fourth-order valence-electron chi connectivity index (χ4n) is 3.12. The summed E-state index contributed by atoms with van der Waals surface area (Å²) in [6, 6.07) is 15.2. The topological polar surface area (TPSA) is 46.6 Å². The van der Waals surface area contributed by atoms with Gasteiger partial charge in [-0.2, -0.15) is 0 Å². The Bertz CT molecular complexity index is 767. The Morgan fingerprint density at radius 2 is 1.76 bits per heavy atom. The first-order chi connectivity index (χ1) is 12.1. The Balaban J connectivity index is 1.62. The molecule has 0 spiro atoms. The summed E-state index contributed by atoms with van der Waals surface area (Å²) in [7, 11) is 0. The molecule has 0 aromatic heterocycles. The fourth-order valence-corrected chi connectivity index (χ4v) is 3.12. The van der Waals surface area contributed by atoms with Crippen molar-refractivity contribution in [1.29, 1.82) is 0 Å². The van der Waals surface area contributed by atoms with Crippen LogP contribution in [-0.2, 0) is 17.8 Å². The third kappa shape index (κ3) is 3.90. The Hall–Kier alpha value is -2.62. The lowest BCUT2D eigenvalue weighted by atomic mass is 9.99. The molecule has 25 heavy (non-hydrogen) atoms. The SMILES string of the molecule is CCC(=O)c1ccc(O[C@H](C)C(=O)N2CCc3ccccc3C2)cc1. The molecule has 2 aromatic rings. The molecule has 2 aromatic carbocycles.